The molecule has 0 heterocycles. The maximum absolute atomic E-state index is 12.7. The highest BCUT2D eigenvalue weighted by Gasteiger charge is 2.15. The van der Waals surface area contributed by atoms with E-state index in [9.17, 15) is 17.6 Å². The van der Waals surface area contributed by atoms with E-state index in [2.05, 4.69) is 5.32 Å². The average Bonchev–Trinajstić information content (AvgIpc) is 2.52. The molecule has 2 rings (SSSR count). The fraction of sp³-hybridized carbons (Fsp3) is 0.188. The molecule has 0 atom stereocenters. The van der Waals surface area contributed by atoms with Gasteiger partial charge in [-0.1, -0.05) is 11.6 Å². The SMILES string of the molecule is CS(=O)(=O)c1cc(C(=O)NCCOc2ccc(F)cc2)ccc1Cl. The van der Waals surface area contributed by atoms with Crippen molar-refractivity contribution in [2.45, 2.75) is 4.90 Å². The van der Waals surface area contributed by atoms with Crippen molar-refractivity contribution < 1.29 is 22.3 Å². The lowest BCUT2D eigenvalue weighted by Crippen LogP contribution is -2.28. The van der Waals surface area contributed by atoms with Crippen LogP contribution in [0.4, 0.5) is 4.39 Å². The van der Waals surface area contributed by atoms with E-state index in [4.69, 9.17) is 16.3 Å². The van der Waals surface area contributed by atoms with Crippen molar-refractivity contribution in [3.8, 4) is 5.75 Å². The van der Waals surface area contributed by atoms with E-state index < -0.39 is 15.7 Å². The van der Waals surface area contributed by atoms with Crippen molar-refractivity contribution in [1.29, 1.82) is 0 Å². The van der Waals surface area contributed by atoms with Crippen molar-refractivity contribution in [2.75, 3.05) is 19.4 Å². The van der Waals surface area contributed by atoms with E-state index in [1.807, 2.05) is 0 Å². The van der Waals surface area contributed by atoms with Crippen LogP contribution in [0.2, 0.25) is 5.02 Å². The predicted molar refractivity (Wildman–Crippen MR) is 88.8 cm³/mol. The number of hydrogen-bond acceptors (Lipinski definition) is 4. The highest BCUT2D eigenvalue weighted by molar-refractivity contribution is 7.90. The Bertz CT molecular complexity index is 838. The number of benzene rings is 2. The summed E-state index contributed by atoms with van der Waals surface area (Å²) in [5.74, 6) is -0.323. The molecule has 0 aromatic heterocycles. The zero-order valence-electron chi connectivity index (χ0n) is 12.8. The highest BCUT2D eigenvalue weighted by Crippen LogP contribution is 2.22. The second-order valence-electron chi connectivity index (χ2n) is 4.98. The molecule has 0 radical (unpaired) electrons. The molecule has 2 aromatic carbocycles. The van der Waals surface area contributed by atoms with Crippen molar-refractivity contribution in [1.82, 2.24) is 5.32 Å². The standard InChI is InChI=1S/C16H15ClFNO4S/c1-24(21,22)15-10-11(2-7-14(15)17)16(20)19-8-9-23-13-5-3-12(18)4-6-13/h2-7,10H,8-9H2,1H3,(H,19,20). The molecule has 0 saturated heterocycles. The molecule has 0 spiro atoms. The second-order valence-corrected chi connectivity index (χ2v) is 7.37. The predicted octanol–water partition coefficient (Wildman–Crippen LogP) is 2.69. The molecule has 1 N–H and O–H groups in total. The molecule has 0 aliphatic heterocycles. The lowest BCUT2D eigenvalue weighted by Gasteiger charge is -2.09. The fourth-order valence-electron chi connectivity index (χ4n) is 1.90. The van der Waals surface area contributed by atoms with Gasteiger partial charge in [-0.15, -0.1) is 0 Å². The van der Waals surface area contributed by atoms with Crippen LogP contribution in [0.15, 0.2) is 47.4 Å². The monoisotopic (exact) mass is 371 g/mol. The molecule has 0 unspecified atom stereocenters. The van der Waals surface area contributed by atoms with Crippen molar-refractivity contribution in [2.24, 2.45) is 0 Å². The number of sulfone groups is 1. The molecule has 24 heavy (non-hydrogen) atoms. The number of nitrogens with one attached hydrogen (secondary N) is 1. The van der Waals surface area contributed by atoms with Gasteiger partial charge in [0.2, 0.25) is 0 Å². The summed E-state index contributed by atoms with van der Waals surface area (Å²) in [4.78, 5) is 11.9. The van der Waals surface area contributed by atoms with Crippen LogP contribution in [0.3, 0.4) is 0 Å². The maximum Gasteiger partial charge on any atom is 0.251 e. The van der Waals surface area contributed by atoms with E-state index in [1.165, 1.54) is 42.5 Å². The first-order valence-electron chi connectivity index (χ1n) is 6.93. The van der Waals surface area contributed by atoms with Crippen LogP contribution < -0.4 is 10.1 Å². The lowest BCUT2D eigenvalue weighted by molar-refractivity contribution is 0.0947. The van der Waals surface area contributed by atoms with Crippen molar-refractivity contribution in [3.05, 3.63) is 58.9 Å². The summed E-state index contributed by atoms with van der Waals surface area (Å²) in [5.41, 5.74) is 0.182. The van der Waals surface area contributed by atoms with Gasteiger partial charge in [0, 0.05) is 11.8 Å². The quantitative estimate of drug-likeness (QED) is 0.792. The molecule has 0 fully saturated rings. The molecule has 1 amide bonds. The van der Waals surface area contributed by atoms with Gasteiger partial charge in [0.15, 0.2) is 9.84 Å². The van der Waals surface area contributed by atoms with Gasteiger partial charge < -0.3 is 10.1 Å². The summed E-state index contributed by atoms with van der Waals surface area (Å²) in [6.07, 6.45) is 1.02. The minimum Gasteiger partial charge on any atom is -0.492 e. The molecule has 0 bridgehead atoms. The summed E-state index contributed by atoms with van der Waals surface area (Å²) in [5, 5.41) is 2.67. The van der Waals surface area contributed by atoms with Crippen LogP contribution in [-0.4, -0.2) is 33.7 Å². The van der Waals surface area contributed by atoms with Crippen LogP contribution in [0, 0.1) is 5.82 Å². The smallest absolute Gasteiger partial charge is 0.251 e. The number of carbonyl (C=O) groups is 1. The number of halogens is 2. The van der Waals surface area contributed by atoms with Crippen molar-refractivity contribution >= 4 is 27.3 Å². The van der Waals surface area contributed by atoms with Crippen LogP contribution in [-0.2, 0) is 9.84 Å². The first kappa shape index (κ1) is 18.2. The Kier molecular flexibility index (Phi) is 5.80. The van der Waals surface area contributed by atoms with Crippen LogP contribution in [0.5, 0.6) is 5.75 Å². The third-order valence-corrected chi connectivity index (χ3v) is 4.64. The molecule has 8 heteroatoms. The average molecular weight is 372 g/mol. The summed E-state index contributed by atoms with van der Waals surface area (Å²) < 4.78 is 41.3. The molecule has 0 aliphatic carbocycles. The van der Waals surface area contributed by atoms with E-state index in [0.717, 1.165) is 6.26 Å². The minimum absolute atomic E-state index is 0.0636. The van der Waals surface area contributed by atoms with Crippen LogP contribution in [0.1, 0.15) is 10.4 Å². The molecule has 128 valence electrons. The highest BCUT2D eigenvalue weighted by atomic mass is 35.5. The van der Waals surface area contributed by atoms with Gasteiger partial charge in [-0.25, -0.2) is 12.8 Å². The number of hydrogen-bond donors (Lipinski definition) is 1. The second kappa shape index (κ2) is 7.63. The Morgan fingerprint density at radius 3 is 2.50 bits per heavy atom. The molecular weight excluding hydrogens is 357 g/mol. The number of amides is 1. The Hall–Kier alpha value is -2.12. The summed E-state index contributed by atoms with van der Waals surface area (Å²) in [7, 11) is -3.52. The van der Waals surface area contributed by atoms with Gasteiger partial charge in [-0.2, -0.15) is 0 Å². The van der Waals surface area contributed by atoms with E-state index >= 15 is 0 Å². The normalized spacial score (nSPS) is 11.1. The molecule has 0 saturated carbocycles. The number of ether oxygens (including phenoxy) is 1. The molecule has 2 aromatic rings. The molecule has 5 nitrogen and oxygen atoms in total. The topological polar surface area (TPSA) is 72.5 Å². The first-order chi connectivity index (χ1) is 11.3. The van der Waals surface area contributed by atoms with Crippen molar-refractivity contribution in [3.63, 3.8) is 0 Å². The van der Waals surface area contributed by atoms with Crippen LogP contribution >= 0.6 is 11.6 Å². The van der Waals surface area contributed by atoms with Gasteiger partial charge in [-0.05, 0) is 42.5 Å². The third kappa shape index (κ3) is 4.94. The van der Waals surface area contributed by atoms with Gasteiger partial charge in [0.1, 0.15) is 18.2 Å². The summed E-state index contributed by atoms with van der Waals surface area (Å²) >= 11 is 5.83. The van der Waals surface area contributed by atoms with Gasteiger partial charge >= 0.3 is 0 Å². The lowest BCUT2D eigenvalue weighted by atomic mass is 10.2. The van der Waals surface area contributed by atoms with Crippen LogP contribution in [0.25, 0.3) is 0 Å². The number of carbonyl (C=O) groups excluding carboxylic acids is 1. The Balaban J connectivity index is 1.92. The Morgan fingerprint density at radius 2 is 1.88 bits per heavy atom. The third-order valence-electron chi connectivity index (χ3n) is 3.06. The fourth-order valence-corrected chi connectivity index (χ4v) is 3.20. The first-order valence-corrected chi connectivity index (χ1v) is 9.20. The van der Waals surface area contributed by atoms with Gasteiger partial charge in [-0.3, -0.25) is 4.79 Å². The maximum atomic E-state index is 12.7. The molecule has 0 aliphatic rings. The van der Waals surface area contributed by atoms with Gasteiger partial charge in [0.25, 0.3) is 5.91 Å². The van der Waals surface area contributed by atoms with E-state index in [-0.39, 0.29) is 34.5 Å². The molecular formula is C16H15ClFNO4S. The summed E-state index contributed by atoms with van der Waals surface area (Å²) in [6.45, 7) is 0.386. The minimum atomic E-state index is -3.52. The summed E-state index contributed by atoms with van der Waals surface area (Å²) in [6, 6.07) is 9.54. The Labute approximate surface area is 144 Å². The zero-order chi connectivity index (χ0) is 17.7. The van der Waals surface area contributed by atoms with E-state index in [0.29, 0.717) is 5.75 Å². The van der Waals surface area contributed by atoms with E-state index in [1.54, 1.807) is 0 Å². The largest absolute Gasteiger partial charge is 0.492 e. The van der Waals surface area contributed by atoms with Gasteiger partial charge in [0.05, 0.1) is 16.5 Å². The zero-order valence-corrected chi connectivity index (χ0v) is 14.3. The number of rotatable bonds is 6. The Morgan fingerprint density at radius 1 is 1.21 bits per heavy atom.